The molecule has 0 aliphatic heterocycles. The quantitative estimate of drug-likeness (QED) is 0.506. The Morgan fingerprint density at radius 3 is 2.88 bits per heavy atom. The first-order chi connectivity index (χ1) is 7.61. The maximum Gasteiger partial charge on any atom is 0.255 e. The first-order valence-corrected chi connectivity index (χ1v) is 4.73. The van der Waals surface area contributed by atoms with Crippen molar-refractivity contribution in [3.8, 4) is 0 Å². The van der Waals surface area contributed by atoms with Crippen LogP contribution in [0.1, 0.15) is 10.4 Å². The van der Waals surface area contributed by atoms with E-state index in [9.17, 15) is 9.18 Å². The van der Waals surface area contributed by atoms with Crippen LogP contribution in [-0.2, 0) is 0 Å². The molecule has 0 spiro atoms. The number of nitrogens with zero attached hydrogens (tertiary/aromatic N) is 1. The summed E-state index contributed by atoms with van der Waals surface area (Å²) >= 11 is 0. The van der Waals surface area contributed by atoms with Crippen LogP contribution in [0.15, 0.2) is 18.2 Å². The number of anilines is 1. The summed E-state index contributed by atoms with van der Waals surface area (Å²) < 4.78 is 13.3. The van der Waals surface area contributed by atoms with E-state index in [1.807, 2.05) is 0 Å². The summed E-state index contributed by atoms with van der Waals surface area (Å²) in [5.41, 5.74) is 2.25. The van der Waals surface area contributed by atoms with Crippen LogP contribution in [0.25, 0.3) is 0 Å². The lowest BCUT2D eigenvalue weighted by Crippen LogP contribution is -2.30. The summed E-state index contributed by atoms with van der Waals surface area (Å²) in [4.78, 5) is 13.1. The van der Waals surface area contributed by atoms with E-state index in [0.717, 1.165) is 0 Å². The molecule has 4 N–H and O–H groups in total. The molecule has 1 amide bonds. The van der Waals surface area contributed by atoms with Crippen LogP contribution in [-0.4, -0.2) is 36.1 Å². The summed E-state index contributed by atoms with van der Waals surface area (Å²) in [6.45, 7) is 0.0301. The zero-order valence-corrected chi connectivity index (χ0v) is 8.90. The monoisotopic (exact) mass is 227 g/mol. The van der Waals surface area contributed by atoms with E-state index in [0.29, 0.717) is 0 Å². The average molecular weight is 227 g/mol. The molecule has 0 saturated carbocycles. The Balaban J connectivity index is 3.03. The third kappa shape index (κ3) is 2.47. The van der Waals surface area contributed by atoms with Crippen LogP contribution in [0, 0.1) is 5.82 Å². The van der Waals surface area contributed by atoms with Gasteiger partial charge in [0.2, 0.25) is 0 Å². The fraction of sp³-hybridized carbons (Fsp3) is 0.300. The highest BCUT2D eigenvalue weighted by molar-refractivity contribution is 5.99. The summed E-state index contributed by atoms with van der Waals surface area (Å²) in [6.07, 6.45) is 0. The highest BCUT2D eigenvalue weighted by Crippen LogP contribution is 2.19. The number of nitrogens with one attached hydrogen (secondary N) is 1. The lowest BCUT2D eigenvalue weighted by atomic mass is 10.1. The van der Waals surface area contributed by atoms with Crippen LogP contribution >= 0.6 is 0 Å². The number of halogens is 1. The number of nitrogen functional groups attached to an aromatic ring is 1. The lowest BCUT2D eigenvalue weighted by Gasteiger charge is -2.17. The second kappa shape index (κ2) is 5.43. The number of hydrogen-bond donors (Lipinski definition) is 3. The number of aliphatic hydroxyl groups excluding tert-OH is 1. The van der Waals surface area contributed by atoms with Crippen molar-refractivity contribution in [1.82, 2.24) is 4.90 Å². The number of hydrogen-bond acceptors (Lipinski definition) is 4. The van der Waals surface area contributed by atoms with E-state index in [1.165, 1.54) is 30.1 Å². The number of benzene rings is 1. The highest BCUT2D eigenvalue weighted by Gasteiger charge is 2.17. The standard InChI is InChI=1S/C10H14FN3O2/c1-14(5-6-15)10(16)7-3-2-4-8(11)9(7)13-12/h2-4,13,15H,5-6,12H2,1H3. The van der Waals surface area contributed by atoms with Gasteiger partial charge in [0.05, 0.1) is 17.9 Å². The maximum absolute atomic E-state index is 13.3. The van der Waals surface area contributed by atoms with Crippen molar-refractivity contribution in [1.29, 1.82) is 0 Å². The van der Waals surface area contributed by atoms with Crippen molar-refractivity contribution in [2.75, 3.05) is 25.6 Å². The molecule has 16 heavy (non-hydrogen) atoms. The van der Waals surface area contributed by atoms with Gasteiger partial charge in [-0.25, -0.2) is 4.39 Å². The molecule has 0 saturated heterocycles. The van der Waals surface area contributed by atoms with Gasteiger partial charge in [0, 0.05) is 13.6 Å². The Bertz CT molecular complexity index is 384. The van der Waals surface area contributed by atoms with Gasteiger partial charge in [0.15, 0.2) is 0 Å². The SMILES string of the molecule is CN(CCO)C(=O)c1cccc(F)c1NN. The number of aliphatic hydroxyl groups is 1. The van der Waals surface area contributed by atoms with Gasteiger partial charge in [0.1, 0.15) is 5.82 Å². The van der Waals surface area contributed by atoms with Gasteiger partial charge in [-0.05, 0) is 12.1 Å². The van der Waals surface area contributed by atoms with Crippen LogP contribution in [0.4, 0.5) is 10.1 Å². The smallest absolute Gasteiger partial charge is 0.255 e. The summed E-state index contributed by atoms with van der Waals surface area (Å²) in [6, 6.07) is 4.10. The zero-order valence-electron chi connectivity index (χ0n) is 8.90. The molecule has 1 rings (SSSR count). The van der Waals surface area contributed by atoms with Crippen molar-refractivity contribution < 1.29 is 14.3 Å². The van der Waals surface area contributed by atoms with Crippen molar-refractivity contribution in [2.24, 2.45) is 5.84 Å². The van der Waals surface area contributed by atoms with Crippen LogP contribution in [0.3, 0.4) is 0 Å². The molecule has 1 aromatic rings. The molecule has 0 aliphatic rings. The normalized spacial score (nSPS) is 10.0. The summed E-state index contributed by atoms with van der Waals surface area (Å²) in [7, 11) is 1.52. The van der Waals surface area contributed by atoms with Gasteiger partial charge < -0.3 is 15.4 Å². The summed E-state index contributed by atoms with van der Waals surface area (Å²) in [5, 5.41) is 8.71. The Morgan fingerprint density at radius 1 is 1.62 bits per heavy atom. The summed E-state index contributed by atoms with van der Waals surface area (Å²) in [5.74, 6) is 4.16. The molecule has 0 bridgehead atoms. The average Bonchev–Trinajstić information content (AvgIpc) is 2.28. The van der Waals surface area contributed by atoms with Crippen molar-refractivity contribution >= 4 is 11.6 Å². The molecule has 0 aliphatic carbocycles. The van der Waals surface area contributed by atoms with Gasteiger partial charge in [0.25, 0.3) is 5.91 Å². The second-order valence-electron chi connectivity index (χ2n) is 3.26. The molecule has 88 valence electrons. The van der Waals surface area contributed by atoms with Crippen LogP contribution in [0.2, 0.25) is 0 Å². The maximum atomic E-state index is 13.3. The van der Waals surface area contributed by atoms with E-state index in [-0.39, 0.29) is 24.4 Å². The van der Waals surface area contributed by atoms with Crippen molar-refractivity contribution in [2.45, 2.75) is 0 Å². The molecule has 6 heteroatoms. The lowest BCUT2D eigenvalue weighted by molar-refractivity contribution is 0.0767. The molecular formula is C10H14FN3O2. The Hall–Kier alpha value is -1.66. The first-order valence-electron chi connectivity index (χ1n) is 4.73. The Morgan fingerprint density at radius 2 is 2.31 bits per heavy atom. The number of nitrogens with two attached hydrogens (primary N) is 1. The zero-order chi connectivity index (χ0) is 12.1. The highest BCUT2D eigenvalue weighted by atomic mass is 19.1. The Kier molecular flexibility index (Phi) is 4.21. The third-order valence-corrected chi connectivity index (χ3v) is 2.17. The number of carbonyl (C=O) groups excluding carboxylic acids is 1. The van der Waals surface area contributed by atoms with E-state index in [4.69, 9.17) is 10.9 Å². The molecule has 0 radical (unpaired) electrons. The number of amides is 1. The fourth-order valence-electron chi connectivity index (χ4n) is 1.31. The van der Waals surface area contributed by atoms with E-state index >= 15 is 0 Å². The van der Waals surface area contributed by atoms with E-state index in [2.05, 4.69) is 5.43 Å². The van der Waals surface area contributed by atoms with E-state index in [1.54, 1.807) is 0 Å². The minimum absolute atomic E-state index is 0.0442. The molecule has 5 nitrogen and oxygen atoms in total. The number of rotatable bonds is 4. The van der Waals surface area contributed by atoms with Gasteiger partial charge in [-0.15, -0.1) is 0 Å². The minimum atomic E-state index is -0.592. The molecule has 0 fully saturated rings. The molecule has 1 aromatic carbocycles. The molecule has 0 heterocycles. The van der Waals surface area contributed by atoms with E-state index < -0.39 is 11.7 Å². The first kappa shape index (κ1) is 12.4. The fourth-order valence-corrected chi connectivity index (χ4v) is 1.31. The largest absolute Gasteiger partial charge is 0.395 e. The molecule has 0 aromatic heterocycles. The Labute approximate surface area is 92.6 Å². The van der Waals surface area contributed by atoms with Gasteiger partial charge in [-0.1, -0.05) is 6.07 Å². The predicted octanol–water partition coefficient (Wildman–Crippen LogP) is 0.176. The number of carbonyl (C=O) groups is 1. The van der Waals surface area contributed by atoms with Gasteiger partial charge in [-0.3, -0.25) is 10.6 Å². The second-order valence-corrected chi connectivity index (χ2v) is 3.26. The number of hydrazine groups is 1. The van der Waals surface area contributed by atoms with Crippen molar-refractivity contribution in [3.05, 3.63) is 29.6 Å². The third-order valence-electron chi connectivity index (χ3n) is 2.17. The molecule has 0 atom stereocenters. The van der Waals surface area contributed by atoms with Gasteiger partial charge in [-0.2, -0.15) is 0 Å². The number of likely N-dealkylation sites (N-methyl/N-ethyl adjacent to an activating group) is 1. The topological polar surface area (TPSA) is 78.6 Å². The predicted molar refractivity (Wildman–Crippen MR) is 58.3 cm³/mol. The molecular weight excluding hydrogens is 213 g/mol. The van der Waals surface area contributed by atoms with Gasteiger partial charge >= 0.3 is 0 Å². The van der Waals surface area contributed by atoms with Crippen LogP contribution in [0.5, 0.6) is 0 Å². The number of para-hydroxylation sites is 1. The van der Waals surface area contributed by atoms with Crippen LogP contribution < -0.4 is 11.3 Å². The van der Waals surface area contributed by atoms with Crippen molar-refractivity contribution in [3.63, 3.8) is 0 Å². The minimum Gasteiger partial charge on any atom is -0.395 e. The molecule has 0 unspecified atom stereocenters.